The van der Waals surface area contributed by atoms with Crippen LogP contribution in [0.4, 0.5) is 18.0 Å². The quantitative estimate of drug-likeness (QED) is 0.384. The second-order valence-corrected chi connectivity index (χ2v) is 12.9. The van der Waals surface area contributed by atoms with Gasteiger partial charge in [0.1, 0.15) is 22.4 Å². The van der Waals surface area contributed by atoms with Crippen molar-refractivity contribution in [1.29, 1.82) is 4.78 Å². The summed E-state index contributed by atoms with van der Waals surface area (Å²) >= 11 is 5.54. The molecule has 1 amide bonds. The van der Waals surface area contributed by atoms with Gasteiger partial charge in [0.05, 0.1) is 18.1 Å². The molecule has 0 saturated heterocycles. The molecule has 10 nitrogen and oxygen atoms in total. The summed E-state index contributed by atoms with van der Waals surface area (Å²) in [7, 11) is -3.77. The first kappa shape index (κ1) is 31.8. The van der Waals surface area contributed by atoms with Gasteiger partial charge in [0.2, 0.25) is 5.60 Å². The van der Waals surface area contributed by atoms with E-state index in [1.165, 1.54) is 0 Å². The van der Waals surface area contributed by atoms with E-state index >= 15 is 0 Å². The molecule has 1 aromatic rings. The lowest BCUT2D eigenvalue weighted by Crippen LogP contribution is -2.47. The third-order valence-corrected chi connectivity index (χ3v) is 6.38. The maximum atomic E-state index is 13.7. The fourth-order valence-corrected chi connectivity index (χ4v) is 4.28. The molecule has 36 heavy (non-hydrogen) atoms. The van der Waals surface area contributed by atoms with Gasteiger partial charge in [-0.2, -0.15) is 13.2 Å². The molecule has 0 radical (unpaired) electrons. The van der Waals surface area contributed by atoms with Crippen molar-refractivity contribution >= 4 is 33.4 Å². The lowest BCUT2D eigenvalue weighted by Gasteiger charge is -2.30. The first-order chi connectivity index (χ1) is 16.0. The lowest BCUT2D eigenvalue weighted by molar-refractivity contribution is -0.269. The molecule has 206 valence electrons. The smallest absolute Gasteiger partial charge is 0.423 e. The van der Waals surface area contributed by atoms with Crippen LogP contribution in [0.3, 0.4) is 0 Å². The summed E-state index contributed by atoms with van der Waals surface area (Å²) in [5.74, 6) is -2.36. The van der Waals surface area contributed by atoms with Crippen molar-refractivity contribution in [2.24, 2.45) is 0 Å². The summed E-state index contributed by atoms with van der Waals surface area (Å²) in [6, 6.07) is -1.38. The van der Waals surface area contributed by atoms with Gasteiger partial charge in [-0.3, -0.25) is 9.76 Å². The Morgan fingerprint density at radius 3 is 2.08 bits per heavy atom. The van der Waals surface area contributed by atoms with Crippen LogP contribution in [-0.4, -0.2) is 66.3 Å². The number of esters is 1. The van der Waals surface area contributed by atoms with Gasteiger partial charge >= 0.3 is 18.2 Å². The van der Waals surface area contributed by atoms with E-state index < -0.39 is 74.4 Å². The number of carbonyl (C=O) groups is 2. The highest BCUT2D eigenvalue weighted by Crippen LogP contribution is 2.41. The van der Waals surface area contributed by atoms with Crippen molar-refractivity contribution in [2.45, 2.75) is 83.4 Å². The van der Waals surface area contributed by atoms with Crippen LogP contribution in [0.2, 0.25) is 5.15 Å². The Morgan fingerprint density at radius 1 is 1.08 bits per heavy atom. The Hall–Kier alpha value is -2.19. The molecule has 0 bridgehead atoms. The van der Waals surface area contributed by atoms with Gasteiger partial charge in [-0.15, -0.1) is 0 Å². The number of nitrogens with one attached hydrogen (secondary N) is 2. The maximum Gasteiger partial charge on any atom is 0.423 e. The molecule has 0 aliphatic rings. The van der Waals surface area contributed by atoms with Crippen LogP contribution in [-0.2, 0) is 29.6 Å². The van der Waals surface area contributed by atoms with Crippen LogP contribution in [0.25, 0.3) is 0 Å². The Balaban J connectivity index is 3.03. The molecule has 0 saturated carbocycles. The normalized spacial score (nSPS) is 16.9. The second-order valence-electron chi connectivity index (χ2n) is 10.1. The fourth-order valence-electron chi connectivity index (χ4n) is 2.74. The predicted octanol–water partition coefficient (Wildman–Crippen LogP) is 3.94. The molecule has 1 heterocycles. The van der Waals surface area contributed by atoms with E-state index in [0.29, 0.717) is 6.20 Å². The summed E-state index contributed by atoms with van der Waals surface area (Å²) in [6.45, 7) is 9.54. The van der Waals surface area contributed by atoms with E-state index in [4.69, 9.17) is 25.9 Å². The Morgan fingerprint density at radius 2 is 1.64 bits per heavy atom. The molecular weight excluding hydrogens is 529 g/mol. The number of ether oxygens (including phenoxy) is 2. The summed E-state index contributed by atoms with van der Waals surface area (Å²) in [4.78, 5) is 31.7. The molecule has 0 spiro atoms. The summed E-state index contributed by atoms with van der Waals surface area (Å²) in [5.41, 5.74) is -6.23. The number of carbonyl (C=O) groups excluding carboxylic acids is 2. The molecule has 3 atom stereocenters. The predicted molar refractivity (Wildman–Crippen MR) is 126 cm³/mol. The molecule has 0 aromatic carbocycles. The molecule has 2 unspecified atom stereocenters. The number of halogens is 4. The zero-order valence-corrected chi connectivity index (χ0v) is 22.4. The van der Waals surface area contributed by atoms with Crippen LogP contribution in [0.15, 0.2) is 12.4 Å². The van der Waals surface area contributed by atoms with Crippen LogP contribution in [0.1, 0.15) is 60.1 Å². The van der Waals surface area contributed by atoms with Gasteiger partial charge in [0, 0.05) is 27.7 Å². The Labute approximate surface area is 213 Å². The van der Waals surface area contributed by atoms with E-state index in [2.05, 4.69) is 15.3 Å². The number of aliphatic hydroxyl groups is 1. The van der Waals surface area contributed by atoms with Gasteiger partial charge in [0.15, 0.2) is 0 Å². The maximum absolute atomic E-state index is 13.7. The van der Waals surface area contributed by atoms with Crippen molar-refractivity contribution in [1.82, 2.24) is 15.3 Å². The van der Waals surface area contributed by atoms with E-state index in [0.717, 1.165) is 6.20 Å². The zero-order valence-electron chi connectivity index (χ0n) is 20.9. The molecule has 1 rings (SSSR count). The van der Waals surface area contributed by atoms with Crippen molar-refractivity contribution in [2.75, 3.05) is 11.5 Å². The largest absolute Gasteiger partial charge is 0.458 e. The molecule has 15 heteroatoms. The Bertz CT molecular complexity index is 1020. The number of hydrogen-bond donors (Lipinski definition) is 3. The minimum Gasteiger partial charge on any atom is -0.458 e. The number of aromatic nitrogens is 2. The van der Waals surface area contributed by atoms with Crippen LogP contribution < -0.4 is 5.32 Å². The molecule has 1 aromatic heterocycles. The third-order valence-electron chi connectivity index (χ3n) is 4.43. The van der Waals surface area contributed by atoms with Crippen LogP contribution in [0.5, 0.6) is 0 Å². The van der Waals surface area contributed by atoms with Crippen molar-refractivity contribution < 1.29 is 41.5 Å². The number of rotatable bonds is 9. The monoisotopic (exact) mass is 560 g/mol. The van der Waals surface area contributed by atoms with Crippen molar-refractivity contribution in [3.63, 3.8) is 0 Å². The van der Waals surface area contributed by atoms with Gasteiger partial charge in [-0.05, 0) is 48.0 Å². The fraction of sp³-hybridized carbons (Fsp3) is 0.714. The van der Waals surface area contributed by atoms with Crippen molar-refractivity contribution in [3.8, 4) is 0 Å². The number of alkyl halides is 3. The topological polar surface area (TPSA) is 152 Å². The first-order valence-electron chi connectivity index (χ1n) is 10.8. The average Bonchev–Trinajstić information content (AvgIpc) is 2.66. The highest BCUT2D eigenvalue weighted by molar-refractivity contribution is 7.92. The summed E-state index contributed by atoms with van der Waals surface area (Å²) < 4.78 is 72.3. The van der Waals surface area contributed by atoms with E-state index in [-0.39, 0.29) is 11.6 Å². The summed E-state index contributed by atoms with van der Waals surface area (Å²) in [5, 5.41) is 12.5. The van der Waals surface area contributed by atoms with Gasteiger partial charge < -0.3 is 19.9 Å². The highest BCUT2D eigenvalue weighted by Gasteiger charge is 2.56. The second kappa shape index (κ2) is 11.5. The van der Waals surface area contributed by atoms with Gasteiger partial charge in [-0.25, -0.2) is 18.8 Å². The highest BCUT2D eigenvalue weighted by atomic mass is 35.5. The number of nitrogens with zero attached hydrogens (tertiary/aromatic N) is 2. The lowest BCUT2D eigenvalue weighted by atomic mass is 9.96. The van der Waals surface area contributed by atoms with E-state index in [1.807, 2.05) is 0 Å². The average molecular weight is 561 g/mol. The molecule has 0 aliphatic heterocycles. The van der Waals surface area contributed by atoms with Crippen LogP contribution >= 0.6 is 11.6 Å². The van der Waals surface area contributed by atoms with E-state index in [9.17, 15) is 32.1 Å². The van der Waals surface area contributed by atoms with Crippen molar-refractivity contribution in [3.05, 3.63) is 23.2 Å². The number of alkyl carbamates (subject to hydrolysis) is 1. The Kier molecular flexibility index (Phi) is 10.1. The third kappa shape index (κ3) is 10.4. The summed E-state index contributed by atoms with van der Waals surface area (Å²) in [6.07, 6.45) is -6.28. The van der Waals surface area contributed by atoms with Crippen LogP contribution in [0, 0.1) is 4.78 Å². The number of hydrogen-bond acceptors (Lipinski definition) is 9. The molecular formula is C21H32ClF3N4O6S. The van der Waals surface area contributed by atoms with Gasteiger partial charge in [0.25, 0.3) is 0 Å². The minimum atomic E-state index is -5.22. The SMILES string of the molecule is CC(C)(C)OC(=O)N[C@@H](CCS(=N)(=O)CCC(O)(c1cnc(Cl)cn1)C(F)(F)F)C(=O)OC(C)(C)C. The minimum absolute atomic E-state index is 0.196. The molecule has 0 fully saturated rings. The van der Waals surface area contributed by atoms with E-state index in [1.54, 1.807) is 41.5 Å². The molecule has 3 N–H and O–H groups in total. The van der Waals surface area contributed by atoms with Gasteiger partial charge in [-0.1, -0.05) is 11.6 Å². The number of amides is 1. The zero-order chi connectivity index (χ0) is 28.2. The standard InChI is InChI=1S/C21H32ClF3N4O6S/c1-18(2,3)34-16(30)13(29-17(31)35-19(4,5)6)7-9-36(26,33)10-8-20(32,21(23,24)25)14-11-28-15(22)12-27-14/h11-13,26,32H,7-10H2,1-6H3,(H,29,31)/t13-,20?,36?/m0/s1. The first-order valence-corrected chi connectivity index (χ1v) is 13.1. The molecule has 0 aliphatic carbocycles.